The second-order valence-electron chi connectivity index (χ2n) is 4.66. The van der Waals surface area contributed by atoms with E-state index in [1.54, 1.807) is 0 Å². The van der Waals surface area contributed by atoms with E-state index in [1.165, 1.54) is 12.1 Å². The molecule has 1 aromatic rings. The number of benzene rings is 1. The van der Waals surface area contributed by atoms with E-state index in [9.17, 15) is 8.78 Å². The normalized spacial score (nSPS) is 12.7. The summed E-state index contributed by atoms with van der Waals surface area (Å²) < 4.78 is 27.6. The van der Waals surface area contributed by atoms with Gasteiger partial charge in [0.1, 0.15) is 11.6 Å². The monoisotopic (exact) mass is 289 g/mol. The van der Waals surface area contributed by atoms with Gasteiger partial charge in [0.25, 0.3) is 0 Å². The minimum Gasteiger partial charge on any atom is -0.396 e. The van der Waals surface area contributed by atoms with Crippen LogP contribution in [0.25, 0.3) is 0 Å². The molecule has 0 saturated heterocycles. The minimum atomic E-state index is -0.525. The maximum absolute atomic E-state index is 13.8. The molecule has 0 spiro atoms. The van der Waals surface area contributed by atoms with Crippen LogP contribution >= 0.6 is 11.8 Å². The lowest BCUT2D eigenvalue weighted by molar-refractivity contribution is 0.250. The third-order valence-electron chi connectivity index (χ3n) is 2.64. The summed E-state index contributed by atoms with van der Waals surface area (Å²) in [6, 6.07) is 2.75. The second-order valence-corrected chi connectivity index (χ2v) is 5.69. The minimum absolute atomic E-state index is 0.0229. The van der Waals surface area contributed by atoms with Crippen molar-refractivity contribution in [3.63, 3.8) is 0 Å². The number of thioether (sulfide) groups is 1. The Morgan fingerprint density at radius 2 is 1.95 bits per heavy atom. The molecule has 0 aromatic heterocycles. The highest BCUT2D eigenvalue weighted by Crippen LogP contribution is 2.28. The van der Waals surface area contributed by atoms with Gasteiger partial charge in [0.15, 0.2) is 0 Å². The molecule has 0 amide bonds. The van der Waals surface area contributed by atoms with Gasteiger partial charge in [-0.2, -0.15) is 0 Å². The Labute approximate surface area is 117 Å². The first-order valence-corrected chi connectivity index (χ1v) is 7.49. The summed E-state index contributed by atoms with van der Waals surface area (Å²) in [5, 5.41) is 12.0. The maximum atomic E-state index is 13.8. The van der Waals surface area contributed by atoms with Crippen LogP contribution in [-0.4, -0.2) is 24.0 Å². The third-order valence-corrected chi connectivity index (χ3v) is 4.05. The fraction of sp³-hybridized carbons (Fsp3) is 0.571. The summed E-state index contributed by atoms with van der Waals surface area (Å²) >= 11 is 1.11. The van der Waals surface area contributed by atoms with Gasteiger partial charge in [0.05, 0.1) is 4.90 Å². The molecule has 0 aliphatic heterocycles. The van der Waals surface area contributed by atoms with Crippen LogP contribution in [0.1, 0.15) is 25.8 Å². The highest BCUT2D eigenvalue weighted by molar-refractivity contribution is 7.99. The van der Waals surface area contributed by atoms with E-state index in [-0.39, 0.29) is 17.4 Å². The smallest absolute Gasteiger partial charge is 0.140 e. The van der Waals surface area contributed by atoms with Crippen molar-refractivity contribution in [3.05, 3.63) is 29.3 Å². The predicted octanol–water partition coefficient (Wildman–Crippen LogP) is 3.18. The summed E-state index contributed by atoms with van der Waals surface area (Å²) in [5.41, 5.74) is 0.614. The van der Waals surface area contributed by atoms with Crippen molar-refractivity contribution in [2.24, 2.45) is 5.92 Å². The Morgan fingerprint density at radius 1 is 1.32 bits per heavy atom. The second kappa shape index (κ2) is 8.51. The summed E-state index contributed by atoms with van der Waals surface area (Å²) in [7, 11) is 0. The Bertz CT molecular complexity index is 378. The van der Waals surface area contributed by atoms with Crippen molar-refractivity contribution in [1.82, 2.24) is 5.32 Å². The highest BCUT2D eigenvalue weighted by atomic mass is 32.2. The van der Waals surface area contributed by atoms with Crippen molar-refractivity contribution < 1.29 is 13.9 Å². The fourth-order valence-corrected chi connectivity index (χ4v) is 2.49. The summed E-state index contributed by atoms with van der Waals surface area (Å²) in [6.45, 7) is 5.20. The van der Waals surface area contributed by atoms with E-state index in [4.69, 9.17) is 5.11 Å². The molecule has 2 nitrogen and oxygen atoms in total. The van der Waals surface area contributed by atoms with Crippen LogP contribution in [-0.2, 0) is 6.54 Å². The molecule has 0 aliphatic carbocycles. The average molecular weight is 289 g/mol. The molecule has 0 fully saturated rings. The van der Waals surface area contributed by atoms with Crippen LogP contribution in [0.4, 0.5) is 8.78 Å². The van der Waals surface area contributed by atoms with Gasteiger partial charge in [-0.25, -0.2) is 8.78 Å². The molecule has 19 heavy (non-hydrogen) atoms. The number of aliphatic hydroxyl groups excluding tert-OH is 1. The zero-order chi connectivity index (χ0) is 14.3. The zero-order valence-corrected chi connectivity index (χ0v) is 12.2. The van der Waals surface area contributed by atoms with Crippen LogP contribution in [0.3, 0.4) is 0 Å². The SMILES string of the molecule is CCCNCc1cc(F)c(SCC(C)CO)c(F)c1. The zero-order valence-electron chi connectivity index (χ0n) is 11.4. The molecule has 1 atom stereocenters. The summed E-state index contributed by atoms with van der Waals surface area (Å²) in [5.74, 6) is -0.529. The topological polar surface area (TPSA) is 32.3 Å². The van der Waals surface area contributed by atoms with E-state index in [2.05, 4.69) is 5.32 Å². The Hall–Kier alpha value is -0.650. The standard InChI is InChI=1S/C14H21F2NOS/c1-3-4-17-7-11-5-12(15)14(13(16)6-11)19-9-10(2)8-18/h5-6,10,17-18H,3-4,7-9H2,1-2H3. The van der Waals surface area contributed by atoms with Crippen LogP contribution < -0.4 is 5.32 Å². The van der Waals surface area contributed by atoms with Gasteiger partial charge in [-0.05, 0) is 36.6 Å². The fourth-order valence-electron chi connectivity index (χ4n) is 1.54. The van der Waals surface area contributed by atoms with Gasteiger partial charge in [0, 0.05) is 18.9 Å². The molecule has 1 aromatic carbocycles. The molecular weight excluding hydrogens is 268 g/mol. The molecule has 0 aliphatic rings. The Morgan fingerprint density at radius 3 is 2.47 bits per heavy atom. The van der Waals surface area contributed by atoms with Crippen LogP contribution in [0.5, 0.6) is 0 Å². The number of hydrogen-bond acceptors (Lipinski definition) is 3. The van der Waals surface area contributed by atoms with Gasteiger partial charge in [-0.1, -0.05) is 13.8 Å². The molecule has 0 heterocycles. The highest BCUT2D eigenvalue weighted by Gasteiger charge is 2.13. The van der Waals surface area contributed by atoms with Crippen LogP contribution in [0.15, 0.2) is 17.0 Å². The van der Waals surface area contributed by atoms with Crippen molar-refractivity contribution in [2.75, 3.05) is 18.9 Å². The Balaban J connectivity index is 2.68. The van der Waals surface area contributed by atoms with Crippen molar-refractivity contribution in [3.8, 4) is 0 Å². The Kier molecular flexibility index (Phi) is 7.34. The van der Waals surface area contributed by atoms with E-state index in [0.717, 1.165) is 24.7 Å². The van der Waals surface area contributed by atoms with Crippen molar-refractivity contribution in [1.29, 1.82) is 0 Å². The molecule has 2 N–H and O–H groups in total. The molecular formula is C14H21F2NOS. The first kappa shape index (κ1) is 16.4. The van der Waals surface area contributed by atoms with Gasteiger partial charge < -0.3 is 10.4 Å². The number of rotatable bonds is 8. The molecule has 0 radical (unpaired) electrons. The van der Waals surface area contributed by atoms with E-state index >= 15 is 0 Å². The molecule has 0 bridgehead atoms. The molecule has 1 unspecified atom stereocenters. The van der Waals surface area contributed by atoms with Gasteiger partial charge >= 0.3 is 0 Å². The number of nitrogens with one attached hydrogen (secondary N) is 1. The predicted molar refractivity (Wildman–Crippen MR) is 75.3 cm³/mol. The first-order chi connectivity index (χ1) is 9.08. The molecule has 0 saturated carbocycles. The molecule has 5 heteroatoms. The van der Waals surface area contributed by atoms with Crippen molar-refractivity contribution in [2.45, 2.75) is 31.7 Å². The summed E-state index contributed by atoms with van der Waals surface area (Å²) in [4.78, 5) is 0.0412. The number of halogens is 2. The van der Waals surface area contributed by atoms with E-state index in [0.29, 0.717) is 17.9 Å². The lowest BCUT2D eigenvalue weighted by atomic mass is 10.2. The quantitative estimate of drug-likeness (QED) is 0.569. The van der Waals surface area contributed by atoms with Gasteiger partial charge in [-0.3, -0.25) is 0 Å². The maximum Gasteiger partial charge on any atom is 0.140 e. The van der Waals surface area contributed by atoms with Crippen LogP contribution in [0.2, 0.25) is 0 Å². The number of hydrogen-bond donors (Lipinski definition) is 2. The lowest BCUT2D eigenvalue weighted by Gasteiger charge is -2.11. The van der Waals surface area contributed by atoms with E-state index in [1.807, 2.05) is 13.8 Å². The third kappa shape index (κ3) is 5.47. The largest absolute Gasteiger partial charge is 0.396 e. The van der Waals surface area contributed by atoms with Gasteiger partial charge in [0.2, 0.25) is 0 Å². The average Bonchev–Trinajstić information content (AvgIpc) is 2.37. The molecule has 108 valence electrons. The molecule has 1 rings (SSSR count). The van der Waals surface area contributed by atoms with Gasteiger partial charge in [-0.15, -0.1) is 11.8 Å². The van der Waals surface area contributed by atoms with Crippen molar-refractivity contribution >= 4 is 11.8 Å². The number of aliphatic hydroxyl groups is 1. The van der Waals surface area contributed by atoms with E-state index < -0.39 is 11.6 Å². The summed E-state index contributed by atoms with van der Waals surface area (Å²) in [6.07, 6.45) is 0.984. The lowest BCUT2D eigenvalue weighted by Crippen LogP contribution is -2.14. The van der Waals surface area contributed by atoms with Crippen LogP contribution in [0, 0.1) is 17.6 Å². The first-order valence-electron chi connectivity index (χ1n) is 6.50.